The lowest BCUT2D eigenvalue weighted by molar-refractivity contribution is -0.140. The highest BCUT2D eigenvalue weighted by atomic mass is 35.5. The zero-order chi connectivity index (χ0) is 21.4. The van der Waals surface area contributed by atoms with Gasteiger partial charge in [-0.15, -0.1) is 0 Å². The fourth-order valence-electron chi connectivity index (χ4n) is 3.54. The monoisotopic (exact) mass is 431 g/mol. The number of fused-ring (bicyclic) bond motifs is 1. The van der Waals surface area contributed by atoms with E-state index >= 15 is 0 Å². The summed E-state index contributed by atoms with van der Waals surface area (Å²) >= 11 is 6.05. The second-order valence-electron chi connectivity index (χ2n) is 6.76. The van der Waals surface area contributed by atoms with E-state index in [1.165, 1.54) is 24.1 Å². The maximum Gasteiger partial charge on any atom is 0.295 e. The Balaban J connectivity index is 1.86. The number of halogens is 1. The first kappa shape index (κ1) is 20.1. The van der Waals surface area contributed by atoms with Crippen molar-refractivity contribution in [2.24, 2.45) is 0 Å². The largest absolute Gasteiger partial charge is 0.507 e. The second-order valence-corrected chi connectivity index (χ2v) is 7.17. The number of rotatable bonds is 5. The van der Waals surface area contributed by atoms with Gasteiger partial charge in [-0.2, -0.15) is 0 Å². The molecule has 1 atom stereocenters. The number of methoxy groups -OCH3 is 1. The first-order valence-electron chi connectivity index (χ1n) is 9.08. The predicted octanol–water partition coefficient (Wildman–Crippen LogP) is 2.84. The Kier molecular flexibility index (Phi) is 5.27. The van der Waals surface area contributed by atoms with Crippen LogP contribution < -0.4 is 9.47 Å². The number of aromatic hydroxyl groups is 1. The number of likely N-dealkylation sites (tertiary alicyclic amines) is 1. The Morgan fingerprint density at radius 2 is 1.97 bits per heavy atom. The van der Waals surface area contributed by atoms with Crippen molar-refractivity contribution in [2.45, 2.75) is 6.04 Å². The third-order valence-electron chi connectivity index (χ3n) is 5.01. The van der Waals surface area contributed by atoms with E-state index < -0.39 is 17.7 Å². The molecule has 2 aromatic carbocycles. The Morgan fingerprint density at radius 3 is 2.70 bits per heavy atom. The standard InChI is InChI=1S/C21H18ClNO7/c1-28-7-6-23-18(11-2-4-14(24)13(22)8-11)17(20(26)21(23)27)19(25)12-3-5-15-16(9-12)30-10-29-15/h2-5,8-9,18,24-25H,6-7,10H2,1H3/b19-17-. The van der Waals surface area contributed by atoms with Crippen LogP contribution >= 0.6 is 11.6 Å². The summed E-state index contributed by atoms with van der Waals surface area (Å²) in [5.74, 6) is -1.12. The summed E-state index contributed by atoms with van der Waals surface area (Å²) in [4.78, 5) is 26.9. The molecule has 1 saturated heterocycles. The molecule has 9 heteroatoms. The number of phenols is 1. The fraction of sp³-hybridized carbons (Fsp3) is 0.238. The van der Waals surface area contributed by atoms with Crippen LogP contribution in [0, 0.1) is 0 Å². The van der Waals surface area contributed by atoms with E-state index in [0.29, 0.717) is 22.6 Å². The van der Waals surface area contributed by atoms with Gasteiger partial charge >= 0.3 is 0 Å². The highest BCUT2D eigenvalue weighted by Gasteiger charge is 2.46. The molecule has 0 saturated carbocycles. The van der Waals surface area contributed by atoms with E-state index in [1.807, 2.05) is 0 Å². The third-order valence-corrected chi connectivity index (χ3v) is 5.31. The van der Waals surface area contributed by atoms with E-state index in [9.17, 15) is 19.8 Å². The van der Waals surface area contributed by atoms with Crippen LogP contribution in [-0.2, 0) is 14.3 Å². The summed E-state index contributed by atoms with van der Waals surface area (Å²) in [7, 11) is 1.48. The van der Waals surface area contributed by atoms with Crippen LogP contribution in [0.4, 0.5) is 0 Å². The minimum Gasteiger partial charge on any atom is -0.507 e. The smallest absolute Gasteiger partial charge is 0.295 e. The van der Waals surface area contributed by atoms with Gasteiger partial charge in [0.15, 0.2) is 11.5 Å². The maximum absolute atomic E-state index is 12.9. The molecule has 2 N–H and O–H groups in total. The molecule has 8 nitrogen and oxygen atoms in total. The van der Waals surface area contributed by atoms with Gasteiger partial charge in [-0.3, -0.25) is 9.59 Å². The molecule has 0 aliphatic carbocycles. The first-order valence-corrected chi connectivity index (χ1v) is 9.46. The number of amides is 1. The van der Waals surface area contributed by atoms with Crippen LogP contribution in [0.3, 0.4) is 0 Å². The second kappa shape index (κ2) is 7.89. The van der Waals surface area contributed by atoms with Gasteiger partial charge in [0.05, 0.1) is 23.2 Å². The Hall–Kier alpha value is -3.23. The van der Waals surface area contributed by atoms with Crippen LogP contribution in [0.1, 0.15) is 17.2 Å². The van der Waals surface area contributed by atoms with Gasteiger partial charge in [-0.05, 0) is 35.9 Å². The number of carbonyl (C=O) groups excluding carboxylic acids is 2. The molecule has 0 spiro atoms. The number of aliphatic hydroxyl groups is 1. The molecule has 1 unspecified atom stereocenters. The summed E-state index contributed by atoms with van der Waals surface area (Å²) in [5, 5.41) is 20.8. The number of ether oxygens (including phenoxy) is 3. The number of nitrogens with zero attached hydrogens (tertiary/aromatic N) is 1. The molecule has 1 fully saturated rings. The highest BCUT2D eigenvalue weighted by Crippen LogP contribution is 2.42. The molecule has 30 heavy (non-hydrogen) atoms. The van der Waals surface area contributed by atoms with Gasteiger partial charge < -0.3 is 29.3 Å². The Labute approximate surface area is 176 Å². The summed E-state index contributed by atoms with van der Waals surface area (Å²) in [6, 6.07) is 8.21. The molecule has 0 aromatic heterocycles. The summed E-state index contributed by atoms with van der Waals surface area (Å²) in [6.45, 7) is 0.383. The Morgan fingerprint density at radius 1 is 1.20 bits per heavy atom. The molecule has 2 aliphatic heterocycles. The normalized spacial score (nSPS) is 19.5. The van der Waals surface area contributed by atoms with Crippen LogP contribution in [0.25, 0.3) is 5.76 Å². The SMILES string of the molecule is COCCN1C(=O)C(=O)/C(=C(\O)c2ccc3c(c2)OCO3)C1c1ccc(O)c(Cl)c1. The summed E-state index contributed by atoms with van der Waals surface area (Å²) in [5.41, 5.74) is 0.686. The van der Waals surface area contributed by atoms with E-state index in [0.717, 1.165) is 0 Å². The predicted molar refractivity (Wildman–Crippen MR) is 107 cm³/mol. The molecule has 1 amide bonds. The quantitative estimate of drug-likeness (QED) is 0.426. The fourth-order valence-corrected chi connectivity index (χ4v) is 3.73. The van der Waals surface area contributed by atoms with E-state index in [4.69, 9.17) is 25.8 Å². The number of carbonyl (C=O) groups is 2. The number of phenolic OH excluding ortho intramolecular Hbond substituents is 1. The minimum atomic E-state index is -0.899. The number of hydrogen-bond donors (Lipinski definition) is 2. The molecule has 4 rings (SSSR count). The zero-order valence-corrected chi connectivity index (χ0v) is 16.7. The van der Waals surface area contributed by atoms with Crippen molar-refractivity contribution in [3.63, 3.8) is 0 Å². The van der Waals surface area contributed by atoms with Gasteiger partial charge in [0.1, 0.15) is 11.5 Å². The third kappa shape index (κ3) is 3.34. The molecule has 156 valence electrons. The van der Waals surface area contributed by atoms with Crippen LogP contribution in [0.5, 0.6) is 17.2 Å². The zero-order valence-electron chi connectivity index (χ0n) is 15.9. The van der Waals surface area contributed by atoms with Gasteiger partial charge in [0, 0.05) is 19.2 Å². The van der Waals surface area contributed by atoms with Crippen molar-refractivity contribution in [1.82, 2.24) is 4.90 Å². The van der Waals surface area contributed by atoms with Crippen molar-refractivity contribution < 1.29 is 34.0 Å². The van der Waals surface area contributed by atoms with E-state index in [1.54, 1.807) is 24.3 Å². The van der Waals surface area contributed by atoms with Gasteiger partial charge in [0.25, 0.3) is 11.7 Å². The Bertz CT molecular complexity index is 1070. The number of aliphatic hydroxyl groups excluding tert-OH is 1. The van der Waals surface area contributed by atoms with Crippen LogP contribution in [0.2, 0.25) is 5.02 Å². The molecular weight excluding hydrogens is 414 g/mol. The van der Waals surface area contributed by atoms with Gasteiger partial charge in [-0.25, -0.2) is 0 Å². The van der Waals surface area contributed by atoms with Gasteiger partial charge in [-0.1, -0.05) is 17.7 Å². The van der Waals surface area contributed by atoms with E-state index in [2.05, 4.69) is 0 Å². The van der Waals surface area contributed by atoms with E-state index in [-0.39, 0.29) is 42.0 Å². The highest BCUT2D eigenvalue weighted by molar-refractivity contribution is 6.46. The first-order chi connectivity index (χ1) is 14.4. The van der Waals surface area contributed by atoms with Crippen molar-refractivity contribution in [3.8, 4) is 17.2 Å². The van der Waals surface area contributed by atoms with Crippen molar-refractivity contribution in [3.05, 3.63) is 58.1 Å². The maximum atomic E-state index is 12.9. The number of Topliss-reactive ketones (excluding diaryl/α,β-unsaturated/α-hetero) is 1. The van der Waals surface area contributed by atoms with Crippen LogP contribution in [0.15, 0.2) is 42.0 Å². The minimum absolute atomic E-state index is 0.0625. The lowest BCUT2D eigenvalue weighted by Gasteiger charge is -2.25. The molecule has 2 aromatic rings. The van der Waals surface area contributed by atoms with Crippen LogP contribution in [-0.4, -0.2) is 53.9 Å². The lowest BCUT2D eigenvalue weighted by atomic mass is 9.95. The van der Waals surface area contributed by atoms with Gasteiger partial charge in [0.2, 0.25) is 6.79 Å². The average molecular weight is 432 g/mol. The summed E-state index contributed by atoms with van der Waals surface area (Å²) < 4.78 is 15.7. The average Bonchev–Trinajstić information content (AvgIpc) is 3.30. The molecule has 0 radical (unpaired) electrons. The molecular formula is C21H18ClNO7. The molecule has 0 bridgehead atoms. The lowest BCUT2D eigenvalue weighted by Crippen LogP contribution is -2.32. The number of benzene rings is 2. The number of hydrogen-bond acceptors (Lipinski definition) is 7. The molecule has 2 aliphatic rings. The van der Waals surface area contributed by atoms with Crippen molar-refractivity contribution in [1.29, 1.82) is 0 Å². The summed E-state index contributed by atoms with van der Waals surface area (Å²) in [6.07, 6.45) is 0. The number of ketones is 1. The topological polar surface area (TPSA) is 106 Å². The van der Waals surface area contributed by atoms with Crippen molar-refractivity contribution in [2.75, 3.05) is 27.1 Å². The molecule has 2 heterocycles. The van der Waals surface area contributed by atoms with Crippen molar-refractivity contribution >= 4 is 29.1 Å².